The van der Waals surface area contributed by atoms with Gasteiger partial charge in [-0.1, -0.05) is 31.4 Å². The van der Waals surface area contributed by atoms with Crippen LogP contribution in [-0.2, 0) is 17.9 Å². The highest BCUT2D eigenvalue weighted by molar-refractivity contribution is 8.00. The second kappa shape index (κ2) is 12.7. The Kier molecular flexibility index (Phi) is 9.40. The minimum Gasteiger partial charge on any atom is -0.492 e. The molecule has 0 radical (unpaired) electrons. The molecule has 1 aliphatic heterocycles. The molecular weight excluding hydrogens is 556 g/mol. The Balaban J connectivity index is 1.51. The number of rotatable bonds is 10. The molecule has 11 heteroatoms. The van der Waals surface area contributed by atoms with Crippen molar-refractivity contribution < 1.29 is 31.9 Å². The first-order valence-corrected chi connectivity index (χ1v) is 13.6. The van der Waals surface area contributed by atoms with Crippen LogP contribution in [0.2, 0.25) is 5.02 Å². The standard InChI is InChI=1S/C28H25ClF4N2O3S/c1-2-3-4-9-38-24-8-6-20(31)19(27(24)29)14-35-23-7-5-16(10-25(23)39-15-26(35)36)28(37)34-13-18-21(32)11-17(30)12-22(18)33/h5-8,10-12H,2-4,9,13-15H2,1H3,(H,34,37). The summed E-state index contributed by atoms with van der Waals surface area (Å²) in [5, 5.41) is 2.51. The van der Waals surface area contributed by atoms with Crippen LogP contribution < -0.4 is 15.0 Å². The quantitative estimate of drug-likeness (QED) is 0.207. The normalized spacial score (nSPS) is 12.9. The van der Waals surface area contributed by atoms with Gasteiger partial charge in [0.25, 0.3) is 5.91 Å². The van der Waals surface area contributed by atoms with Gasteiger partial charge in [-0.15, -0.1) is 11.8 Å². The lowest BCUT2D eigenvalue weighted by Gasteiger charge is -2.30. The van der Waals surface area contributed by atoms with Gasteiger partial charge in [0.05, 0.1) is 29.6 Å². The molecule has 1 N–H and O–H groups in total. The fraction of sp³-hybridized carbons (Fsp3) is 0.286. The lowest BCUT2D eigenvalue weighted by Crippen LogP contribution is -2.35. The summed E-state index contributed by atoms with van der Waals surface area (Å²) in [5.41, 5.74) is 0.295. The second-order valence-corrected chi connectivity index (χ2v) is 10.3. The third-order valence-corrected chi connectivity index (χ3v) is 7.61. The minimum atomic E-state index is -1.11. The smallest absolute Gasteiger partial charge is 0.251 e. The molecule has 0 spiro atoms. The van der Waals surface area contributed by atoms with E-state index in [-0.39, 0.29) is 34.4 Å². The summed E-state index contributed by atoms with van der Waals surface area (Å²) in [6.07, 6.45) is 2.84. The van der Waals surface area contributed by atoms with Crippen LogP contribution in [-0.4, -0.2) is 24.2 Å². The molecule has 206 valence electrons. The van der Waals surface area contributed by atoms with E-state index in [0.29, 0.717) is 35.1 Å². The molecule has 2 amide bonds. The fourth-order valence-electron chi connectivity index (χ4n) is 4.06. The largest absolute Gasteiger partial charge is 0.492 e. The number of nitrogens with one attached hydrogen (secondary N) is 1. The van der Waals surface area contributed by atoms with Crippen molar-refractivity contribution in [3.05, 3.63) is 87.4 Å². The zero-order valence-corrected chi connectivity index (χ0v) is 22.5. The molecule has 1 heterocycles. The zero-order valence-electron chi connectivity index (χ0n) is 21.0. The van der Waals surface area contributed by atoms with Gasteiger partial charge in [-0.2, -0.15) is 0 Å². The summed E-state index contributed by atoms with van der Waals surface area (Å²) in [5.74, 6) is -4.35. The van der Waals surface area contributed by atoms with Crippen molar-refractivity contribution in [1.29, 1.82) is 0 Å². The van der Waals surface area contributed by atoms with E-state index in [0.717, 1.165) is 19.3 Å². The Labute approximate surface area is 232 Å². The van der Waals surface area contributed by atoms with E-state index in [1.54, 1.807) is 6.07 Å². The highest BCUT2D eigenvalue weighted by Crippen LogP contribution is 2.39. The van der Waals surface area contributed by atoms with Gasteiger partial charge in [-0.3, -0.25) is 9.59 Å². The van der Waals surface area contributed by atoms with Crippen LogP contribution in [0.15, 0.2) is 47.4 Å². The van der Waals surface area contributed by atoms with E-state index in [1.807, 2.05) is 0 Å². The second-order valence-electron chi connectivity index (χ2n) is 8.88. The lowest BCUT2D eigenvalue weighted by molar-refractivity contribution is -0.116. The summed E-state index contributed by atoms with van der Waals surface area (Å²) in [6.45, 7) is 1.88. The van der Waals surface area contributed by atoms with Gasteiger partial charge in [0.15, 0.2) is 0 Å². The summed E-state index contributed by atoms with van der Waals surface area (Å²) >= 11 is 7.68. The molecule has 3 aromatic carbocycles. The topological polar surface area (TPSA) is 58.6 Å². The molecular formula is C28H25ClF4N2O3S. The number of thioether (sulfide) groups is 1. The molecule has 0 saturated carbocycles. The fourth-order valence-corrected chi connectivity index (χ4v) is 5.29. The zero-order chi connectivity index (χ0) is 28.1. The molecule has 0 aliphatic carbocycles. The number of amides is 2. The number of anilines is 1. The van der Waals surface area contributed by atoms with Gasteiger partial charge in [0.1, 0.15) is 29.0 Å². The molecule has 5 nitrogen and oxygen atoms in total. The number of carbonyl (C=O) groups is 2. The maximum Gasteiger partial charge on any atom is 0.251 e. The van der Waals surface area contributed by atoms with Crippen molar-refractivity contribution in [2.75, 3.05) is 17.3 Å². The molecule has 39 heavy (non-hydrogen) atoms. The van der Waals surface area contributed by atoms with Crippen molar-refractivity contribution in [3.8, 4) is 5.75 Å². The Hall–Kier alpha value is -3.24. The number of fused-ring (bicyclic) bond motifs is 1. The molecule has 4 rings (SSSR count). The molecule has 0 aromatic heterocycles. The number of nitrogens with zero attached hydrogens (tertiary/aromatic N) is 1. The highest BCUT2D eigenvalue weighted by Gasteiger charge is 2.28. The third kappa shape index (κ3) is 6.67. The average molecular weight is 581 g/mol. The van der Waals surface area contributed by atoms with Crippen LogP contribution in [0.5, 0.6) is 5.75 Å². The van der Waals surface area contributed by atoms with Crippen LogP contribution >= 0.6 is 23.4 Å². The molecule has 3 aromatic rings. The maximum absolute atomic E-state index is 14.8. The minimum absolute atomic E-state index is 0.0521. The van der Waals surface area contributed by atoms with Gasteiger partial charge in [0.2, 0.25) is 5.91 Å². The van der Waals surface area contributed by atoms with Crippen LogP contribution in [0.1, 0.15) is 47.7 Å². The first-order valence-electron chi connectivity index (χ1n) is 12.3. The molecule has 0 unspecified atom stereocenters. The first-order chi connectivity index (χ1) is 18.7. The van der Waals surface area contributed by atoms with E-state index < -0.39 is 41.3 Å². The van der Waals surface area contributed by atoms with Gasteiger partial charge in [0, 0.05) is 40.3 Å². The summed E-state index contributed by atoms with van der Waals surface area (Å²) in [4.78, 5) is 27.5. The summed E-state index contributed by atoms with van der Waals surface area (Å²) < 4.78 is 61.5. The number of benzene rings is 3. The number of unbranched alkanes of at least 4 members (excludes halogenated alkanes) is 2. The predicted octanol–water partition coefficient (Wildman–Crippen LogP) is 7.03. The number of ether oxygens (including phenoxy) is 1. The Morgan fingerprint density at radius 3 is 2.49 bits per heavy atom. The van der Waals surface area contributed by atoms with Gasteiger partial charge < -0.3 is 15.0 Å². The summed E-state index contributed by atoms with van der Waals surface area (Å²) in [6, 6.07) is 8.32. The molecule has 0 fully saturated rings. The SMILES string of the molecule is CCCCCOc1ccc(F)c(CN2C(=O)CSc3cc(C(=O)NCc4c(F)cc(F)cc4F)ccc32)c1Cl. The number of hydrogen-bond acceptors (Lipinski definition) is 4. The molecule has 0 atom stereocenters. The lowest BCUT2D eigenvalue weighted by atomic mass is 10.1. The van der Waals surface area contributed by atoms with E-state index >= 15 is 0 Å². The number of carbonyl (C=O) groups excluding carboxylic acids is 2. The van der Waals surface area contributed by atoms with Crippen LogP contribution in [0.25, 0.3) is 0 Å². The summed E-state index contributed by atoms with van der Waals surface area (Å²) in [7, 11) is 0. The van der Waals surface area contributed by atoms with E-state index in [4.69, 9.17) is 16.3 Å². The van der Waals surface area contributed by atoms with Crippen molar-refractivity contribution in [1.82, 2.24) is 5.32 Å². The molecule has 0 saturated heterocycles. The van der Waals surface area contributed by atoms with E-state index in [1.165, 1.54) is 40.9 Å². The Morgan fingerprint density at radius 2 is 1.77 bits per heavy atom. The highest BCUT2D eigenvalue weighted by atomic mass is 35.5. The number of halogens is 5. The monoisotopic (exact) mass is 580 g/mol. The molecule has 1 aliphatic rings. The Bertz CT molecular complexity index is 1380. The van der Waals surface area contributed by atoms with Crippen LogP contribution in [0.3, 0.4) is 0 Å². The van der Waals surface area contributed by atoms with Crippen LogP contribution in [0, 0.1) is 23.3 Å². The third-order valence-electron chi connectivity index (χ3n) is 6.17. The predicted molar refractivity (Wildman–Crippen MR) is 142 cm³/mol. The van der Waals surface area contributed by atoms with Gasteiger partial charge in [-0.05, 0) is 36.8 Å². The van der Waals surface area contributed by atoms with Crippen molar-refractivity contribution in [2.24, 2.45) is 0 Å². The number of hydrogen-bond donors (Lipinski definition) is 1. The van der Waals surface area contributed by atoms with E-state index in [2.05, 4.69) is 12.2 Å². The van der Waals surface area contributed by atoms with Crippen molar-refractivity contribution in [3.63, 3.8) is 0 Å². The van der Waals surface area contributed by atoms with Gasteiger partial charge in [-0.25, -0.2) is 17.6 Å². The average Bonchev–Trinajstić information content (AvgIpc) is 2.90. The molecule has 0 bridgehead atoms. The maximum atomic E-state index is 14.8. The van der Waals surface area contributed by atoms with Crippen molar-refractivity contribution in [2.45, 2.75) is 44.2 Å². The first kappa shape index (κ1) is 28.8. The van der Waals surface area contributed by atoms with Gasteiger partial charge >= 0.3 is 0 Å². The van der Waals surface area contributed by atoms with Crippen molar-refractivity contribution >= 4 is 40.9 Å². The Morgan fingerprint density at radius 1 is 1.03 bits per heavy atom. The van der Waals surface area contributed by atoms with Crippen LogP contribution in [0.4, 0.5) is 23.2 Å². The van der Waals surface area contributed by atoms with E-state index in [9.17, 15) is 27.2 Å².